The Morgan fingerprint density at radius 3 is 2.34 bits per heavy atom. The number of ether oxygens (including phenoxy) is 1. The maximum Gasteiger partial charge on any atom is 0.242 e. The zero-order chi connectivity index (χ0) is 28.5. The predicted octanol–water partition coefficient (Wildman–Crippen LogP) is 5.27. The smallest absolute Gasteiger partial charge is 0.242 e. The third-order valence-electron chi connectivity index (χ3n) is 6.09. The van der Waals surface area contributed by atoms with Crippen LogP contribution in [0.4, 0.5) is 5.69 Å². The summed E-state index contributed by atoms with van der Waals surface area (Å²) in [4.78, 5) is 27.8. The monoisotopic (exact) mass is 585 g/mol. The number of anilines is 1. The van der Waals surface area contributed by atoms with Crippen LogP contribution in [-0.2, 0) is 26.2 Å². The summed E-state index contributed by atoms with van der Waals surface area (Å²) in [5.74, 6) is -0.103. The molecule has 2 atom stereocenters. The van der Waals surface area contributed by atoms with E-state index in [0.717, 1.165) is 18.2 Å². The van der Waals surface area contributed by atoms with E-state index in [9.17, 15) is 18.0 Å². The summed E-state index contributed by atoms with van der Waals surface area (Å²) in [5, 5.41) is 3.67. The van der Waals surface area contributed by atoms with Crippen LogP contribution in [0.3, 0.4) is 0 Å². The molecule has 0 saturated carbocycles. The number of hydrogen-bond acceptors (Lipinski definition) is 5. The normalized spacial score (nSPS) is 12.9. The van der Waals surface area contributed by atoms with Crippen molar-refractivity contribution in [3.63, 3.8) is 0 Å². The van der Waals surface area contributed by atoms with Crippen LogP contribution in [0.1, 0.15) is 52.5 Å². The van der Waals surface area contributed by atoms with Gasteiger partial charge in [-0.3, -0.25) is 13.9 Å². The van der Waals surface area contributed by atoms with Gasteiger partial charge in [0.15, 0.2) is 0 Å². The Labute approximate surface area is 236 Å². The Morgan fingerprint density at radius 1 is 1.05 bits per heavy atom. The molecule has 2 aromatic carbocycles. The second-order valence-electron chi connectivity index (χ2n) is 9.10. The molecule has 0 heterocycles. The lowest BCUT2D eigenvalue weighted by Gasteiger charge is -2.30. The van der Waals surface area contributed by atoms with E-state index in [0.29, 0.717) is 28.1 Å². The molecular formula is C27H37Cl2N3O5S. The first-order chi connectivity index (χ1) is 17.9. The van der Waals surface area contributed by atoms with Gasteiger partial charge in [-0.25, -0.2) is 8.42 Å². The third kappa shape index (κ3) is 9.06. The Balaban J connectivity index is 2.24. The highest BCUT2D eigenvalue weighted by atomic mass is 35.5. The number of carbonyl (C=O) groups is 2. The van der Waals surface area contributed by atoms with Gasteiger partial charge >= 0.3 is 0 Å². The van der Waals surface area contributed by atoms with Gasteiger partial charge in [-0.05, 0) is 63.4 Å². The van der Waals surface area contributed by atoms with Crippen LogP contribution < -0.4 is 14.4 Å². The third-order valence-corrected chi connectivity index (χ3v) is 8.01. The molecule has 210 valence electrons. The first-order valence-corrected chi connectivity index (χ1v) is 15.2. The first-order valence-electron chi connectivity index (χ1n) is 12.6. The fraction of sp³-hybridized carbons (Fsp3) is 0.481. The topological polar surface area (TPSA) is 96.0 Å². The maximum atomic E-state index is 13.4. The molecule has 1 N–H and O–H groups in total. The molecule has 2 rings (SSSR count). The predicted molar refractivity (Wildman–Crippen MR) is 153 cm³/mol. The summed E-state index contributed by atoms with van der Waals surface area (Å²) in [6.07, 6.45) is 2.15. The average molecular weight is 587 g/mol. The Kier molecular flexibility index (Phi) is 12.2. The highest BCUT2D eigenvalue weighted by molar-refractivity contribution is 7.92. The Morgan fingerprint density at radius 2 is 1.74 bits per heavy atom. The second-order valence-corrected chi connectivity index (χ2v) is 11.8. The summed E-state index contributed by atoms with van der Waals surface area (Å²) >= 11 is 12.2. The molecule has 2 amide bonds. The molecule has 0 saturated heterocycles. The van der Waals surface area contributed by atoms with Crippen LogP contribution in [0.5, 0.6) is 5.75 Å². The molecule has 0 aliphatic rings. The van der Waals surface area contributed by atoms with E-state index in [-0.39, 0.29) is 43.8 Å². The lowest BCUT2D eigenvalue weighted by Crippen LogP contribution is -2.49. The SMILES string of the molecule is CCOc1ccccc1N(CCCC(=O)N(Cc1ccc(Cl)c(Cl)c1)[C@@H](C)C(=O)N[C@H](C)CC)S(C)(=O)=O. The van der Waals surface area contributed by atoms with Crippen molar-refractivity contribution in [3.8, 4) is 5.75 Å². The van der Waals surface area contributed by atoms with Crippen molar-refractivity contribution in [1.82, 2.24) is 10.2 Å². The van der Waals surface area contributed by atoms with Crippen molar-refractivity contribution in [3.05, 3.63) is 58.1 Å². The van der Waals surface area contributed by atoms with E-state index in [4.69, 9.17) is 27.9 Å². The lowest BCUT2D eigenvalue weighted by atomic mass is 10.1. The van der Waals surface area contributed by atoms with E-state index in [1.807, 2.05) is 20.8 Å². The molecule has 0 spiro atoms. The van der Waals surface area contributed by atoms with Gasteiger partial charge in [0.25, 0.3) is 0 Å². The number of hydrogen-bond donors (Lipinski definition) is 1. The molecule has 0 radical (unpaired) electrons. The fourth-order valence-corrected chi connectivity index (χ4v) is 5.10. The number of rotatable bonds is 14. The summed E-state index contributed by atoms with van der Waals surface area (Å²) in [7, 11) is -3.64. The summed E-state index contributed by atoms with van der Waals surface area (Å²) in [6, 6.07) is 11.2. The van der Waals surface area contributed by atoms with Gasteiger partial charge in [0, 0.05) is 25.6 Å². The zero-order valence-electron chi connectivity index (χ0n) is 22.5. The van der Waals surface area contributed by atoms with Crippen molar-refractivity contribution >= 4 is 50.7 Å². The quantitative estimate of drug-likeness (QED) is 0.326. The number of nitrogens with zero attached hydrogens (tertiary/aromatic N) is 2. The van der Waals surface area contributed by atoms with E-state index >= 15 is 0 Å². The van der Waals surface area contributed by atoms with Crippen LogP contribution >= 0.6 is 23.2 Å². The van der Waals surface area contributed by atoms with Gasteiger partial charge in [0.05, 0.1) is 28.6 Å². The van der Waals surface area contributed by atoms with E-state index in [2.05, 4.69) is 5.32 Å². The minimum atomic E-state index is -3.64. The molecule has 0 unspecified atom stereocenters. The van der Waals surface area contributed by atoms with Crippen LogP contribution in [0, 0.1) is 0 Å². The van der Waals surface area contributed by atoms with Crippen LogP contribution in [0.15, 0.2) is 42.5 Å². The fourth-order valence-electron chi connectivity index (χ4n) is 3.81. The van der Waals surface area contributed by atoms with Gasteiger partial charge < -0.3 is 15.0 Å². The molecule has 0 bridgehead atoms. The number of amides is 2. The number of benzene rings is 2. The Bertz CT molecular complexity index is 1210. The first kappa shape index (κ1) is 31.7. The number of halogens is 2. The van der Waals surface area contributed by atoms with Crippen molar-refractivity contribution in [2.45, 2.75) is 65.6 Å². The van der Waals surface area contributed by atoms with Crippen molar-refractivity contribution in [2.24, 2.45) is 0 Å². The Hall–Kier alpha value is -2.49. The highest BCUT2D eigenvalue weighted by Gasteiger charge is 2.28. The maximum absolute atomic E-state index is 13.4. The van der Waals surface area contributed by atoms with Crippen LogP contribution in [0.2, 0.25) is 10.0 Å². The molecule has 2 aromatic rings. The van der Waals surface area contributed by atoms with E-state index < -0.39 is 16.1 Å². The van der Waals surface area contributed by atoms with Gasteiger partial charge in [-0.1, -0.05) is 48.3 Å². The molecule has 8 nitrogen and oxygen atoms in total. The molecule has 0 aromatic heterocycles. The van der Waals surface area contributed by atoms with Gasteiger partial charge in [0.1, 0.15) is 11.8 Å². The van der Waals surface area contributed by atoms with Crippen molar-refractivity contribution in [2.75, 3.05) is 23.7 Å². The summed E-state index contributed by atoms with van der Waals surface area (Å²) in [6.45, 7) is 7.96. The zero-order valence-corrected chi connectivity index (χ0v) is 24.9. The molecule has 0 aliphatic carbocycles. The summed E-state index contributed by atoms with van der Waals surface area (Å²) in [5.41, 5.74) is 1.14. The molecule has 38 heavy (non-hydrogen) atoms. The number of carbonyl (C=O) groups excluding carboxylic acids is 2. The number of nitrogens with one attached hydrogen (secondary N) is 1. The second kappa shape index (κ2) is 14.6. The largest absolute Gasteiger partial charge is 0.492 e. The van der Waals surface area contributed by atoms with Gasteiger partial charge in [-0.15, -0.1) is 0 Å². The lowest BCUT2D eigenvalue weighted by molar-refractivity contribution is -0.140. The number of sulfonamides is 1. The van der Waals surface area contributed by atoms with Crippen molar-refractivity contribution < 1.29 is 22.7 Å². The standard InChI is InChI=1S/C27H37Cl2N3O5S/c1-6-19(3)30-27(34)20(4)31(18-21-14-15-22(28)23(29)17-21)26(33)13-10-16-32(38(5,35)36)24-11-8-9-12-25(24)37-7-2/h8-9,11-12,14-15,17,19-20H,6-7,10,13,16,18H2,1-5H3,(H,30,34)/t19-,20+/m1/s1. The van der Waals surface area contributed by atoms with E-state index in [1.165, 1.54) is 9.21 Å². The highest BCUT2D eigenvalue weighted by Crippen LogP contribution is 2.30. The molecule has 0 aliphatic heterocycles. The number of para-hydroxylation sites is 2. The van der Waals surface area contributed by atoms with Gasteiger partial charge in [0.2, 0.25) is 21.8 Å². The molecule has 11 heteroatoms. The molecular weight excluding hydrogens is 549 g/mol. The van der Waals surface area contributed by atoms with Gasteiger partial charge in [-0.2, -0.15) is 0 Å². The van der Waals surface area contributed by atoms with Crippen LogP contribution in [-0.4, -0.2) is 56.6 Å². The van der Waals surface area contributed by atoms with Crippen molar-refractivity contribution in [1.29, 1.82) is 0 Å². The minimum Gasteiger partial charge on any atom is -0.492 e. The van der Waals surface area contributed by atoms with Crippen LogP contribution in [0.25, 0.3) is 0 Å². The summed E-state index contributed by atoms with van der Waals surface area (Å²) < 4.78 is 32.1. The molecule has 0 fully saturated rings. The minimum absolute atomic E-state index is 0.0328. The average Bonchev–Trinajstić information content (AvgIpc) is 2.86. The van der Waals surface area contributed by atoms with E-state index in [1.54, 1.807) is 49.4 Å².